The van der Waals surface area contributed by atoms with Crippen molar-refractivity contribution in [2.75, 3.05) is 5.32 Å². The van der Waals surface area contributed by atoms with E-state index >= 15 is 0 Å². The smallest absolute Gasteiger partial charge is 0.338 e. The molecule has 0 saturated carbocycles. The van der Waals surface area contributed by atoms with Crippen LogP contribution in [0.2, 0.25) is 5.02 Å². The number of amides is 3. The van der Waals surface area contributed by atoms with Crippen molar-refractivity contribution in [2.24, 2.45) is 0 Å². The Balaban J connectivity index is 1.34. The largest absolute Gasteiger partial charge is 0.487 e. The normalized spacial score (nSPS) is 10.6. The second-order valence-electron chi connectivity index (χ2n) is 6.86. The topological polar surface area (TPSA) is 71.5 Å². The lowest BCUT2D eigenvalue weighted by molar-refractivity contribution is 0.0902. The van der Waals surface area contributed by atoms with Crippen molar-refractivity contribution < 1.29 is 14.3 Å². The summed E-state index contributed by atoms with van der Waals surface area (Å²) in [6, 6.07) is 24.1. The van der Waals surface area contributed by atoms with Gasteiger partial charge >= 0.3 is 6.03 Å². The Morgan fingerprint density at radius 3 is 2.41 bits per heavy atom. The molecule has 0 fully saturated rings. The summed E-state index contributed by atoms with van der Waals surface area (Å²) in [5.41, 5.74) is 2.52. The van der Waals surface area contributed by atoms with E-state index in [0.717, 1.165) is 16.6 Å². The van der Waals surface area contributed by atoms with E-state index in [0.29, 0.717) is 32.9 Å². The number of hydrogen-bond donors (Lipinski definition) is 2. The van der Waals surface area contributed by atoms with E-state index in [1.165, 1.54) is 12.1 Å². The van der Waals surface area contributed by atoms with Crippen LogP contribution in [-0.4, -0.2) is 21.2 Å². The van der Waals surface area contributed by atoms with Crippen LogP contribution < -0.4 is 10.1 Å². The molecule has 0 radical (unpaired) electrons. The van der Waals surface area contributed by atoms with Gasteiger partial charge in [0.1, 0.15) is 12.4 Å². The second-order valence-corrected chi connectivity index (χ2v) is 7.70. The Bertz CT molecular complexity index is 1260. The molecule has 6 nitrogen and oxygen atoms in total. The van der Waals surface area contributed by atoms with Crippen LogP contribution in [0.5, 0.6) is 5.75 Å². The van der Waals surface area contributed by atoms with Crippen molar-refractivity contribution in [2.45, 2.75) is 6.61 Å². The predicted molar refractivity (Wildman–Crippen MR) is 128 cm³/mol. The molecule has 3 aromatic carbocycles. The number of para-hydroxylation sites is 1. The van der Waals surface area contributed by atoms with Crippen LogP contribution in [-0.2, 0) is 6.61 Å². The maximum atomic E-state index is 12.4. The molecule has 0 aliphatic heterocycles. The minimum Gasteiger partial charge on any atom is -0.487 e. The molecule has 32 heavy (non-hydrogen) atoms. The van der Waals surface area contributed by atoms with Gasteiger partial charge in [0.05, 0.1) is 11.2 Å². The molecule has 0 saturated heterocycles. The van der Waals surface area contributed by atoms with Gasteiger partial charge in [0.15, 0.2) is 0 Å². The maximum Gasteiger partial charge on any atom is 0.338 e. The van der Waals surface area contributed by atoms with Gasteiger partial charge < -0.3 is 10.1 Å². The summed E-state index contributed by atoms with van der Waals surface area (Å²) in [5.74, 6) is 0.0586. The second kappa shape index (κ2) is 9.72. The first kappa shape index (κ1) is 21.7. The van der Waals surface area contributed by atoms with E-state index in [2.05, 4.69) is 23.1 Å². The maximum absolute atomic E-state index is 12.4. The first-order valence-electron chi connectivity index (χ1n) is 9.67. The van der Waals surface area contributed by atoms with Crippen molar-refractivity contribution in [1.82, 2.24) is 9.29 Å². The number of hydrogen-bond acceptors (Lipinski definition) is 5. The quantitative estimate of drug-likeness (QED) is 0.357. The summed E-state index contributed by atoms with van der Waals surface area (Å²) in [5, 5.41) is 4.19. The number of pyridine rings is 1. The number of rotatable bonds is 5. The van der Waals surface area contributed by atoms with Gasteiger partial charge in [0.2, 0.25) is 0 Å². The zero-order valence-electron chi connectivity index (χ0n) is 16.7. The van der Waals surface area contributed by atoms with E-state index in [1.54, 1.807) is 36.4 Å². The summed E-state index contributed by atoms with van der Waals surface area (Å²) < 4.78 is 6.50. The van der Waals surface area contributed by atoms with Crippen LogP contribution in [0.1, 0.15) is 16.1 Å². The van der Waals surface area contributed by atoms with E-state index in [9.17, 15) is 9.59 Å². The molecule has 0 aliphatic carbocycles. The highest BCUT2D eigenvalue weighted by molar-refractivity contribution is 7.79. The van der Waals surface area contributed by atoms with E-state index < -0.39 is 11.9 Å². The van der Waals surface area contributed by atoms with Gasteiger partial charge in [-0.25, -0.2) is 14.1 Å². The van der Waals surface area contributed by atoms with Crippen LogP contribution in [0, 0.1) is 0 Å². The number of carbonyl (C=O) groups excluding carboxylic acids is 2. The Hall–Kier alpha value is -3.55. The minimum absolute atomic E-state index is 0.297. The van der Waals surface area contributed by atoms with Gasteiger partial charge in [-0.1, -0.05) is 48.7 Å². The number of benzene rings is 3. The zero-order valence-corrected chi connectivity index (χ0v) is 18.4. The van der Waals surface area contributed by atoms with Crippen LogP contribution in [0.3, 0.4) is 0 Å². The number of aromatic nitrogens is 1. The Morgan fingerprint density at radius 2 is 1.66 bits per heavy atom. The average molecular weight is 464 g/mol. The molecular weight excluding hydrogens is 446 g/mol. The number of nitrogens with one attached hydrogen (secondary N) is 1. The number of halogens is 1. The van der Waals surface area contributed by atoms with Gasteiger partial charge in [-0.3, -0.25) is 4.79 Å². The third kappa shape index (κ3) is 5.19. The molecule has 4 aromatic rings. The lowest BCUT2D eigenvalue weighted by Gasteiger charge is -2.15. The fraction of sp³-hybridized carbons (Fsp3) is 0.0417. The number of anilines is 1. The number of urea groups is 1. The third-order valence-corrected chi connectivity index (χ3v) is 5.24. The molecule has 0 aliphatic rings. The van der Waals surface area contributed by atoms with Crippen molar-refractivity contribution in [3.63, 3.8) is 0 Å². The summed E-state index contributed by atoms with van der Waals surface area (Å²) in [7, 11) is 0. The fourth-order valence-electron chi connectivity index (χ4n) is 2.96. The lowest BCUT2D eigenvalue weighted by Crippen LogP contribution is -2.32. The molecule has 3 amide bonds. The van der Waals surface area contributed by atoms with Gasteiger partial charge in [-0.15, -0.1) is 0 Å². The van der Waals surface area contributed by atoms with Crippen LogP contribution in [0.15, 0.2) is 84.9 Å². The first-order valence-corrected chi connectivity index (χ1v) is 10.4. The summed E-state index contributed by atoms with van der Waals surface area (Å²) in [6.45, 7) is 0.316. The van der Waals surface area contributed by atoms with Gasteiger partial charge in [0.25, 0.3) is 5.91 Å². The Labute approximate surface area is 195 Å². The lowest BCUT2D eigenvalue weighted by atomic mass is 10.2. The Morgan fingerprint density at radius 1 is 0.938 bits per heavy atom. The number of nitrogens with zero attached hydrogens (tertiary/aromatic N) is 2. The first-order chi connectivity index (χ1) is 15.5. The highest BCUT2D eigenvalue weighted by atomic mass is 35.5. The number of carbonyl (C=O) groups is 2. The third-order valence-electron chi connectivity index (χ3n) is 4.62. The standard InChI is InChI=1S/C24H18ClN3O3S/c25-18-8-5-17(6-9-18)23(29)28(32)24(30)27-19-11-13-21(14-12-19)31-15-20-10-7-16-3-1-2-4-22(16)26-20/h1-14,32H,15H2,(H,27,30). The van der Waals surface area contributed by atoms with E-state index in [-0.39, 0.29) is 0 Å². The van der Waals surface area contributed by atoms with Crippen LogP contribution in [0.4, 0.5) is 10.5 Å². The minimum atomic E-state index is -0.678. The van der Waals surface area contributed by atoms with Crippen molar-refractivity contribution in [3.05, 3.63) is 101 Å². The van der Waals surface area contributed by atoms with E-state index in [4.69, 9.17) is 16.3 Å². The zero-order chi connectivity index (χ0) is 22.5. The molecule has 1 heterocycles. The molecule has 0 bridgehead atoms. The van der Waals surface area contributed by atoms with Gasteiger partial charge in [-0.05, 0) is 60.7 Å². The number of ether oxygens (including phenoxy) is 1. The number of imide groups is 1. The highest BCUT2D eigenvalue weighted by Crippen LogP contribution is 2.19. The average Bonchev–Trinajstić information content (AvgIpc) is 2.83. The molecule has 0 atom stereocenters. The van der Waals surface area contributed by atoms with Crippen LogP contribution >= 0.6 is 24.4 Å². The Kier molecular flexibility index (Phi) is 6.58. The number of fused-ring (bicyclic) bond motifs is 1. The van der Waals surface area contributed by atoms with Gasteiger partial charge in [-0.2, -0.15) is 0 Å². The fourth-order valence-corrected chi connectivity index (χ4v) is 3.26. The molecule has 1 aromatic heterocycles. The summed E-state index contributed by atoms with van der Waals surface area (Å²) >= 11 is 9.84. The number of thiol groups is 1. The molecule has 4 rings (SSSR count). The monoisotopic (exact) mass is 463 g/mol. The SMILES string of the molecule is O=C(Nc1ccc(OCc2ccc3ccccc3n2)cc1)N(S)C(=O)c1ccc(Cl)cc1. The van der Waals surface area contributed by atoms with Crippen molar-refractivity contribution in [3.8, 4) is 5.75 Å². The van der Waals surface area contributed by atoms with Gasteiger partial charge in [0, 0.05) is 21.7 Å². The molecular formula is C24H18ClN3O3S. The summed E-state index contributed by atoms with van der Waals surface area (Å²) in [6.07, 6.45) is 0. The predicted octanol–water partition coefficient (Wildman–Crippen LogP) is 5.99. The molecule has 8 heteroatoms. The molecule has 160 valence electrons. The summed E-state index contributed by atoms with van der Waals surface area (Å²) in [4.78, 5) is 29.3. The van der Waals surface area contributed by atoms with Crippen LogP contribution in [0.25, 0.3) is 10.9 Å². The molecule has 1 N–H and O–H groups in total. The van der Waals surface area contributed by atoms with Crippen molar-refractivity contribution in [1.29, 1.82) is 0 Å². The molecule has 0 unspecified atom stereocenters. The highest BCUT2D eigenvalue weighted by Gasteiger charge is 2.20. The van der Waals surface area contributed by atoms with Crippen molar-refractivity contribution >= 4 is 52.9 Å². The van der Waals surface area contributed by atoms with E-state index in [1.807, 2.05) is 36.4 Å². The molecule has 0 spiro atoms.